The zero-order valence-electron chi connectivity index (χ0n) is 9.81. The Hall–Kier alpha value is -1.78. The number of benzene rings is 2. The standard InChI is InChI=1S/C14H10ClFN2S/c15-12-5-3-11(4-6-12)14(19)18-17-9-10-1-7-13(16)8-2-10/h1-9H,(H,18,19)/b17-9-. The maximum Gasteiger partial charge on any atom is 0.126 e. The Morgan fingerprint density at radius 3 is 2.37 bits per heavy atom. The van der Waals surface area contributed by atoms with E-state index < -0.39 is 0 Å². The zero-order chi connectivity index (χ0) is 13.7. The van der Waals surface area contributed by atoms with Crippen molar-refractivity contribution >= 4 is 35.0 Å². The van der Waals surface area contributed by atoms with Gasteiger partial charge in [-0.3, -0.25) is 5.43 Å². The largest absolute Gasteiger partial charge is 0.267 e. The molecule has 0 saturated carbocycles. The Morgan fingerprint density at radius 1 is 1.11 bits per heavy atom. The van der Waals surface area contributed by atoms with Gasteiger partial charge in [0, 0.05) is 10.6 Å². The van der Waals surface area contributed by atoms with Gasteiger partial charge in [0.1, 0.15) is 10.8 Å². The number of halogens is 2. The molecule has 0 aromatic heterocycles. The molecule has 0 aliphatic heterocycles. The summed E-state index contributed by atoms with van der Waals surface area (Å²) in [4.78, 5) is 0.495. The minimum absolute atomic E-state index is 0.276. The van der Waals surface area contributed by atoms with Gasteiger partial charge in [-0.05, 0) is 29.8 Å². The van der Waals surface area contributed by atoms with Crippen molar-refractivity contribution in [3.05, 3.63) is 70.5 Å². The average Bonchev–Trinajstić information content (AvgIpc) is 2.41. The Balaban J connectivity index is 1.96. The van der Waals surface area contributed by atoms with Crippen LogP contribution < -0.4 is 5.43 Å². The first-order valence-electron chi connectivity index (χ1n) is 5.50. The van der Waals surface area contributed by atoms with E-state index in [1.54, 1.807) is 30.5 Å². The number of hydrogen-bond donors (Lipinski definition) is 1. The summed E-state index contributed by atoms with van der Waals surface area (Å²) in [6.45, 7) is 0. The number of hydrogen-bond acceptors (Lipinski definition) is 2. The highest BCUT2D eigenvalue weighted by atomic mass is 35.5. The minimum Gasteiger partial charge on any atom is -0.267 e. The fourth-order valence-electron chi connectivity index (χ4n) is 1.38. The predicted octanol–water partition coefficient (Wildman–Crippen LogP) is 3.78. The molecule has 0 radical (unpaired) electrons. The van der Waals surface area contributed by atoms with E-state index in [0.717, 1.165) is 11.1 Å². The lowest BCUT2D eigenvalue weighted by Gasteiger charge is -2.02. The van der Waals surface area contributed by atoms with Crippen molar-refractivity contribution in [2.45, 2.75) is 0 Å². The molecule has 0 bridgehead atoms. The highest BCUT2D eigenvalue weighted by Crippen LogP contribution is 2.09. The van der Waals surface area contributed by atoms with E-state index in [0.29, 0.717) is 10.0 Å². The van der Waals surface area contributed by atoms with Gasteiger partial charge < -0.3 is 0 Å². The van der Waals surface area contributed by atoms with E-state index in [4.69, 9.17) is 23.8 Å². The average molecular weight is 293 g/mol. The van der Waals surface area contributed by atoms with Gasteiger partial charge in [-0.2, -0.15) is 5.10 Å². The normalized spacial score (nSPS) is 10.6. The molecule has 96 valence electrons. The number of hydrazone groups is 1. The van der Waals surface area contributed by atoms with E-state index in [2.05, 4.69) is 10.5 Å². The van der Waals surface area contributed by atoms with Crippen LogP contribution in [0.15, 0.2) is 53.6 Å². The van der Waals surface area contributed by atoms with Crippen molar-refractivity contribution in [2.75, 3.05) is 0 Å². The van der Waals surface area contributed by atoms with Crippen molar-refractivity contribution in [1.29, 1.82) is 0 Å². The second kappa shape index (κ2) is 6.41. The Morgan fingerprint density at radius 2 is 1.74 bits per heavy atom. The number of nitrogens with one attached hydrogen (secondary N) is 1. The Bertz CT molecular complexity index is 594. The molecular weight excluding hydrogens is 283 g/mol. The van der Waals surface area contributed by atoms with Gasteiger partial charge in [0.15, 0.2) is 0 Å². The van der Waals surface area contributed by atoms with Crippen LogP contribution in [0.25, 0.3) is 0 Å². The molecular formula is C14H10ClFN2S. The first kappa shape index (κ1) is 13.6. The topological polar surface area (TPSA) is 24.4 Å². The van der Waals surface area contributed by atoms with Gasteiger partial charge in [0.05, 0.1) is 6.21 Å². The third-order valence-corrected chi connectivity index (χ3v) is 2.94. The van der Waals surface area contributed by atoms with Crippen molar-refractivity contribution in [1.82, 2.24) is 5.43 Å². The Labute approximate surface area is 120 Å². The van der Waals surface area contributed by atoms with E-state index >= 15 is 0 Å². The van der Waals surface area contributed by atoms with Gasteiger partial charge in [0.2, 0.25) is 0 Å². The van der Waals surface area contributed by atoms with Crippen LogP contribution in [0, 0.1) is 5.82 Å². The van der Waals surface area contributed by atoms with Crippen molar-refractivity contribution in [3.8, 4) is 0 Å². The molecule has 0 amide bonds. The summed E-state index contributed by atoms with van der Waals surface area (Å²) in [5, 5.41) is 4.65. The summed E-state index contributed by atoms with van der Waals surface area (Å²) in [6.07, 6.45) is 1.57. The highest BCUT2D eigenvalue weighted by molar-refractivity contribution is 7.80. The number of rotatable bonds is 3. The molecule has 2 rings (SSSR count). The van der Waals surface area contributed by atoms with E-state index in [1.807, 2.05) is 12.1 Å². The van der Waals surface area contributed by atoms with Crippen LogP contribution in [0.3, 0.4) is 0 Å². The second-order valence-corrected chi connectivity index (χ2v) is 4.60. The lowest BCUT2D eigenvalue weighted by atomic mass is 10.2. The number of thiocarbonyl (C=S) groups is 1. The van der Waals surface area contributed by atoms with Crippen LogP contribution in [0.4, 0.5) is 4.39 Å². The molecule has 0 saturated heterocycles. The summed E-state index contributed by atoms with van der Waals surface area (Å²) >= 11 is 11.0. The third kappa shape index (κ3) is 4.12. The van der Waals surface area contributed by atoms with Crippen LogP contribution in [-0.2, 0) is 0 Å². The van der Waals surface area contributed by atoms with Gasteiger partial charge in [-0.1, -0.05) is 48.1 Å². The summed E-state index contributed by atoms with van der Waals surface area (Å²) in [5.41, 5.74) is 4.36. The zero-order valence-corrected chi connectivity index (χ0v) is 11.4. The smallest absolute Gasteiger partial charge is 0.126 e. The SMILES string of the molecule is Fc1ccc(/C=N\NC(=S)c2ccc(Cl)cc2)cc1. The van der Waals surface area contributed by atoms with Gasteiger partial charge >= 0.3 is 0 Å². The molecule has 0 heterocycles. The van der Waals surface area contributed by atoms with Gasteiger partial charge in [-0.25, -0.2) is 4.39 Å². The van der Waals surface area contributed by atoms with Gasteiger partial charge in [0.25, 0.3) is 0 Å². The molecule has 0 spiro atoms. The Kier molecular flexibility index (Phi) is 4.60. The fourth-order valence-corrected chi connectivity index (χ4v) is 1.69. The fraction of sp³-hybridized carbons (Fsp3) is 0. The van der Waals surface area contributed by atoms with Crippen LogP contribution in [0.1, 0.15) is 11.1 Å². The second-order valence-electron chi connectivity index (χ2n) is 3.76. The summed E-state index contributed by atoms with van der Waals surface area (Å²) < 4.78 is 12.7. The maximum absolute atomic E-state index is 12.7. The van der Waals surface area contributed by atoms with Crippen LogP contribution >= 0.6 is 23.8 Å². The van der Waals surface area contributed by atoms with E-state index in [9.17, 15) is 4.39 Å². The molecule has 0 fully saturated rings. The molecule has 1 N–H and O–H groups in total. The quantitative estimate of drug-likeness (QED) is 0.529. The molecule has 2 aromatic rings. The maximum atomic E-state index is 12.7. The summed E-state index contributed by atoms with van der Waals surface area (Å²) in [5.74, 6) is -0.276. The van der Waals surface area contributed by atoms with Crippen LogP contribution in [0.2, 0.25) is 5.02 Å². The molecule has 0 aliphatic carbocycles. The molecule has 0 atom stereocenters. The van der Waals surface area contributed by atoms with Crippen molar-refractivity contribution < 1.29 is 4.39 Å². The molecule has 2 aromatic carbocycles. The first-order chi connectivity index (χ1) is 9.15. The number of nitrogens with zero attached hydrogens (tertiary/aromatic N) is 1. The van der Waals surface area contributed by atoms with Gasteiger partial charge in [-0.15, -0.1) is 0 Å². The van der Waals surface area contributed by atoms with E-state index in [-0.39, 0.29) is 5.82 Å². The lowest BCUT2D eigenvalue weighted by molar-refractivity contribution is 0.628. The summed E-state index contributed by atoms with van der Waals surface area (Å²) in [7, 11) is 0. The predicted molar refractivity (Wildman–Crippen MR) is 80.3 cm³/mol. The third-order valence-electron chi connectivity index (χ3n) is 2.36. The van der Waals surface area contributed by atoms with Crippen LogP contribution in [-0.4, -0.2) is 11.2 Å². The van der Waals surface area contributed by atoms with E-state index in [1.165, 1.54) is 12.1 Å². The minimum atomic E-state index is -0.276. The molecule has 0 unspecified atom stereocenters. The lowest BCUT2D eigenvalue weighted by Crippen LogP contribution is -2.16. The van der Waals surface area contributed by atoms with Crippen LogP contribution in [0.5, 0.6) is 0 Å². The molecule has 2 nitrogen and oxygen atoms in total. The van der Waals surface area contributed by atoms with Crippen molar-refractivity contribution in [3.63, 3.8) is 0 Å². The highest BCUT2D eigenvalue weighted by Gasteiger charge is 1.98. The summed E-state index contributed by atoms with van der Waals surface area (Å²) in [6, 6.07) is 13.1. The molecule has 0 aliphatic rings. The molecule has 19 heavy (non-hydrogen) atoms. The molecule has 5 heteroatoms. The van der Waals surface area contributed by atoms with Crippen molar-refractivity contribution in [2.24, 2.45) is 5.10 Å². The first-order valence-corrected chi connectivity index (χ1v) is 6.28. The monoisotopic (exact) mass is 292 g/mol.